The van der Waals surface area contributed by atoms with Crippen molar-refractivity contribution >= 4 is 28.2 Å². The van der Waals surface area contributed by atoms with Gasteiger partial charge in [-0.3, -0.25) is 9.89 Å². The summed E-state index contributed by atoms with van der Waals surface area (Å²) >= 11 is 0. The normalized spacial score (nSPS) is 14.8. The molecule has 1 fully saturated rings. The number of amides is 1. The van der Waals surface area contributed by atoms with Crippen molar-refractivity contribution < 1.29 is 9.53 Å². The first kappa shape index (κ1) is 14.7. The average Bonchev–Trinajstić information content (AvgIpc) is 3.06. The van der Waals surface area contributed by atoms with Crippen LogP contribution in [0.1, 0.15) is 10.5 Å². The molecule has 0 spiro atoms. The van der Waals surface area contributed by atoms with E-state index >= 15 is 0 Å². The number of aromatic nitrogens is 2. The number of H-pyrrole nitrogens is 1. The summed E-state index contributed by atoms with van der Waals surface area (Å²) in [5.74, 6) is -0.216. The van der Waals surface area contributed by atoms with Gasteiger partial charge in [0.1, 0.15) is 0 Å². The van der Waals surface area contributed by atoms with Gasteiger partial charge in [-0.15, -0.1) is 0 Å². The van der Waals surface area contributed by atoms with Crippen molar-refractivity contribution in [1.29, 1.82) is 0 Å². The van der Waals surface area contributed by atoms with E-state index in [9.17, 15) is 4.79 Å². The van der Waals surface area contributed by atoms with Crippen LogP contribution in [0.15, 0.2) is 48.5 Å². The standard InChI is InChI=1S/C18H18N4O2/c23-18(19-13-4-2-1-3-5-13)17-15-12-14(6-7-16(15)20-21-17)22-8-10-24-11-9-22/h1-7,12H,8-11H2,(H,19,23)(H,20,21). The van der Waals surface area contributed by atoms with E-state index in [1.165, 1.54) is 0 Å². The molecule has 122 valence electrons. The summed E-state index contributed by atoms with van der Waals surface area (Å²) in [6, 6.07) is 15.4. The Kier molecular flexibility index (Phi) is 3.88. The van der Waals surface area contributed by atoms with Crippen molar-refractivity contribution in [2.45, 2.75) is 0 Å². The first-order chi connectivity index (χ1) is 11.8. The van der Waals surface area contributed by atoms with Crippen molar-refractivity contribution in [2.24, 2.45) is 0 Å². The Morgan fingerprint density at radius 3 is 2.71 bits per heavy atom. The molecule has 1 aliphatic rings. The fourth-order valence-electron chi connectivity index (χ4n) is 2.91. The molecule has 0 bridgehead atoms. The maximum Gasteiger partial charge on any atom is 0.276 e. The zero-order valence-electron chi connectivity index (χ0n) is 13.2. The molecule has 1 aromatic heterocycles. The Morgan fingerprint density at radius 1 is 1.12 bits per heavy atom. The van der Waals surface area contributed by atoms with E-state index in [0.29, 0.717) is 5.69 Å². The zero-order chi connectivity index (χ0) is 16.4. The first-order valence-corrected chi connectivity index (χ1v) is 7.98. The number of morpholine rings is 1. The second-order valence-electron chi connectivity index (χ2n) is 5.72. The number of hydrogen-bond donors (Lipinski definition) is 2. The summed E-state index contributed by atoms with van der Waals surface area (Å²) in [4.78, 5) is 14.8. The van der Waals surface area contributed by atoms with Crippen LogP contribution in [-0.4, -0.2) is 42.4 Å². The predicted molar refractivity (Wildman–Crippen MR) is 93.5 cm³/mol. The fourth-order valence-corrected chi connectivity index (χ4v) is 2.91. The molecule has 24 heavy (non-hydrogen) atoms. The van der Waals surface area contributed by atoms with Crippen molar-refractivity contribution in [1.82, 2.24) is 10.2 Å². The largest absolute Gasteiger partial charge is 0.378 e. The third kappa shape index (κ3) is 2.83. The number of nitrogens with zero attached hydrogens (tertiary/aromatic N) is 2. The number of benzene rings is 2. The summed E-state index contributed by atoms with van der Waals surface area (Å²) in [6.07, 6.45) is 0. The van der Waals surface area contributed by atoms with Gasteiger partial charge in [-0.25, -0.2) is 0 Å². The van der Waals surface area contributed by atoms with Gasteiger partial charge >= 0.3 is 0 Å². The molecule has 4 rings (SSSR count). The summed E-state index contributed by atoms with van der Waals surface area (Å²) in [6.45, 7) is 3.17. The molecule has 0 saturated carbocycles. The highest BCUT2D eigenvalue weighted by molar-refractivity contribution is 6.11. The van der Waals surface area contributed by atoms with E-state index in [4.69, 9.17) is 4.74 Å². The van der Waals surface area contributed by atoms with Crippen LogP contribution >= 0.6 is 0 Å². The molecular weight excluding hydrogens is 304 g/mol. The van der Waals surface area contributed by atoms with E-state index in [0.717, 1.165) is 48.6 Å². The number of fused-ring (bicyclic) bond motifs is 1. The molecule has 1 saturated heterocycles. The summed E-state index contributed by atoms with van der Waals surface area (Å²) < 4.78 is 5.40. The van der Waals surface area contributed by atoms with E-state index in [-0.39, 0.29) is 5.91 Å². The number of carbonyl (C=O) groups excluding carboxylic acids is 1. The highest BCUT2D eigenvalue weighted by atomic mass is 16.5. The van der Waals surface area contributed by atoms with Gasteiger partial charge in [0.15, 0.2) is 5.69 Å². The van der Waals surface area contributed by atoms with E-state index in [1.54, 1.807) is 0 Å². The van der Waals surface area contributed by atoms with Crippen LogP contribution in [0.5, 0.6) is 0 Å². The van der Waals surface area contributed by atoms with E-state index in [1.807, 2.05) is 48.5 Å². The molecule has 3 aromatic rings. The van der Waals surface area contributed by atoms with Crippen LogP contribution in [0, 0.1) is 0 Å². The predicted octanol–water partition coefficient (Wildman–Crippen LogP) is 2.65. The van der Waals surface area contributed by atoms with E-state index < -0.39 is 0 Å². The second kappa shape index (κ2) is 6.33. The number of nitrogens with one attached hydrogen (secondary N) is 2. The van der Waals surface area contributed by atoms with E-state index in [2.05, 4.69) is 20.4 Å². The monoisotopic (exact) mass is 322 g/mol. The van der Waals surface area contributed by atoms with Crippen molar-refractivity contribution in [3.63, 3.8) is 0 Å². The topological polar surface area (TPSA) is 70.2 Å². The van der Waals surface area contributed by atoms with Gasteiger partial charge in [-0.2, -0.15) is 5.10 Å². The quantitative estimate of drug-likeness (QED) is 0.778. The SMILES string of the molecule is O=C(Nc1ccccc1)c1n[nH]c2ccc(N3CCOCC3)cc12. The highest BCUT2D eigenvalue weighted by Crippen LogP contribution is 2.24. The Bertz CT molecular complexity index is 854. The van der Waals surface area contributed by atoms with Crippen molar-refractivity contribution in [2.75, 3.05) is 36.5 Å². The Labute approximate surface area is 139 Å². The van der Waals surface area contributed by atoms with Crippen LogP contribution < -0.4 is 10.2 Å². The third-order valence-electron chi connectivity index (χ3n) is 4.17. The third-order valence-corrected chi connectivity index (χ3v) is 4.17. The van der Waals surface area contributed by atoms with Crippen LogP contribution in [0.2, 0.25) is 0 Å². The molecule has 0 unspecified atom stereocenters. The molecular formula is C18H18N4O2. The molecule has 1 aliphatic heterocycles. The summed E-state index contributed by atoms with van der Waals surface area (Å²) in [7, 11) is 0. The maximum atomic E-state index is 12.5. The average molecular weight is 322 g/mol. The smallest absolute Gasteiger partial charge is 0.276 e. The number of anilines is 2. The number of ether oxygens (including phenoxy) is 1. The molecule has 6 nitrogen and oxygen atoms in total. The van der Waals surface area contributed by atoms with Crippen molar-refractivity contribution in [3.8, 4) is 0 Å². The first-order valence-electron chi connectivity index (χ1n) is 7.98. The molecule has 2 aromatic carbocycles. The molecule has 0 atom stereocenters. The van der Waals surface area contributed by atoms with Crippen LogP contribution in [0.4, 0.5) is 11.4 Å². The minimum absolute atomic E-state index is 0.216. The van der Waals surface area contributed by atoms with Crippen LogP contribution in [0.25, 0.3) is 10.9 Å². The number of para-hydroxylation sites is 1. The van der Waals surface area contributed by atoms with Gasteiger partial charge in [-0.1, -0.05) is 18.2 Å². The Balaban J connectivity index is 1.64. The summed E-state index contributed by atoms with van der Waals surface area (Å²) in [5, 5.41) is 10.8. The molecule has 2 N–H and O–H groups in total. The van der Waals surface area contributed by atoms with Gasteiger partial charge in [-0.05, 0) is 30.3 Å². The van der Waals surface area contributed by atoms with Gasteiger partial charge in [0.05, 0.1) is 18.7 Å². The van der Waals surface area contributed by atoms with Gasteiger partial charge < -0.3 is 15.0 Å². The lowest BCUT2D eigenvalue weighted by atomic mass is 10.1. The zero-order valence-corrected chi connectivity index (χ0v) is 13.2. The van der Waals surface area contributed by atoms with Gasteiger partial charge in [0.25, 0.3) is 5.91 Å². The highest BCUT2D eigenvalue weighted by Gasteiger charge is 2.17. The number of rotatable bonds is 3. The molecule has 6 heteroatoms. The van der Waals surface area contributed by atoms with Gasteiger partial charge in [0, 0.05) is 29.9 Å². The molecule has 1 amide bonds. The minimum Gasteiger partial charge on any atom is -0.378 e. The Hall–Kier alpha value is -2.86. The molecule has 0 aliphatic carbocycles. The number of carbonyl (C=O) groups is 1. The lowest BCUT2D eigenvalue weighted by molar-refractivity contribution is 0.102. The number of aromatic amines is 1. The maximum absolute atomic E-state index is 12.5. The lowest BCUT2D eigenvalue weighted by Crippen LogP contribution is -2.36. The van der Waals surface area contributed by atoms with Gasteiger partial charge in [0.2, 0.25) is 0 Å². The number of hydrogen-bond acceptors (Lipinski definition) is 4. The molecule has 0 radical (unpaired) electrons. The lowest BCUT2D eigenvalue weighted by Gasteiger charge is -2.28. The van der Waals surface area contributed by atoms with Crippen LogP contribution in [0.3, 0.4) is 0 Å². The second-order valence-corrected chi connectivity index (χ2v) is 5.72. The van der Waals surface area contributed by atoms with Crippen LogP contribution in [-0.2, 0) is 4.74 Å². The Morgan fingerprint density at radius 2 is 1.92 bits per heavy atom. The molecule has 2 heterocycles. The van der Waals surface area contributed by atoms with Crippen molar-refractivity contribution in [3.05, 3.63) is 54.2 Å². The minimum atomic E-state index is -0.216. The summed E-state index contributed by atoms with van der Waals surface area (Å²) in [5.41, 5.74) is 3.10. The fraction of sp³-hybridized carbons (Fsp3) is 0.222.